The van der Waals surface area contributed by atoms with Crippen LogP contribution in [-0.2, 0) is 9.53 Å². The lowest BCUT2D eigenvalue weighted by atomic mass is 10.2. The third-order valence-electron chi connectivity index (χ3n) is 1.24. The number of carbonyl (C=O) groups excluding carboxylic acids is 1. The maximum absolute atomic E-state index is 10.4. The lowest BCUT2D eigenvalue weighted by Crippen LogP contribution is -2.21. The van der Waals surface area contributed by atoms with E-state index in [-0.39, 0.29) is 18.5 Å². The molecule has 1 aliphatic heterocycles. The fourth-order valence-electron chi connectivity index (χ4n) is 0.732. The highest BCUT2D eigenvalue weighted by Gasteiger charge is 2.31. The summed E-state index contributed by atoms with van der Waals surface area (Å²) >= 11 is 2.08. The van der Waals surface area contributed by atoms with Crippen LogP contribution in [0.1, 0.15) is 6.42 Å². The van der Waals surface area contributed by atoms with Crippen molar-refractivity contribution >= 4 is 28.6 Å². The second kappa shape index (κ2) is 2.83. The Balaban J connectivity index is 2.47. The van der Waals surface area contributed by atoms with Gasteiger partial charge in [0.25, 0.3) is 0 Å². The van der Waals surface area contributed by atoms with E-state index in [9.17, 15) is 4.79 Å². The van der Waals surface area contributed by atoms with Crippen molar-refractivity contribution < 1.29 is 14.6 Å². The molecule has 1 aliphatic rings. The van der Waals surface area contributed by atoms with Crippen molar-refractivity contribution in [2.24, 2.45) is 0 Å². The van der Waals surface area contributed by atoms with Crippen LogP contribution >= 0.6 is 22.6 Å². The van der Waals surface area contributed by atoms with Gasteiger partial charge >= 0.3 is 5.97 Å². The number of hydrogen-bond donors (Lipinski definition) is 1. The topological polar surface area (TPSA) is 46.5 Å². The molecule has 3 nitrogen and oxygen atoms in total. The monoisotopic (exact) mass is 242 g/mol. The Morgan fingerprint density at radius 2 is 2.56 bits per heavy atom. The molecule has 1 saturated heterocycles. The van der Waals surface area contributed by atoms with E-state index in [1.165, 1.54) is 0 Å². The Hall–Kier alpha value is 0.160. The number of cyclic esters (lactones) is 1. The van der Waals surface area contributed by atoms with Crippen molar-refractivity contribution in [3.63, 3.8) is 0 Å². The smallest absolute Gasteiger partial charge is 0.308 e. The summed E-state index contributed by atoms with van der Waals surface area (Å²) in [5, 5.41) is 9.01. The molecule has 0 amide bonds. The number of rotatable bonds is 1. The molecule has 1 rings (SSSR count). The highest BCUT2D eigenvalue weighted by molar-refractivity contribution is 14.1. The van der Waals surface area contributed by atoms with E-state index in [2.05, 4.69) is 22.6 Å². The van der Waals surface area contributed by atoms with Crippen LogP contribution in [0.5, 0.6) is 0 Å². The standard InChI is InChI=1S/C5H7IO3/c6-2-4-3(7)1-5(8)9-4/h3-4,7H,1-2H2/t3-,4+/m0/s1. The minimum absolute atomic E-state index is 0.160. The first-order valence-electron chi connectivity index (χ1n) is 2.67. The molecule has 0 saturated carbocycles. The Bertz CT molecular complexity index is 125. The number of halogens is 1. The van der Waals surface area contributed by atoms with E-state index >= 15 is 0 Å². The van der Waals surface area contributed by atoms with Crippen LogP contribution in [0, 0.1) is 0 Å². The fraction of sp³-hybridized carbons (Fsp3) is 0.800. The quantitative estimate of drug-likeness (QED) is 0.403. The summed E-state index contributed by atoms with van der Waals surface area (Å²) in [6, 6.07) is 0. The van der Waals surface area contributed by atoms with Gasteiger partial charge in [-0.25, -0.2) is 0 Å². The second-order valence-electron chi connectivity index (χ2n) is 1.95. The summed E-state index contributed by atoms with van der Waals surface area (Å²) in [7, 11) is 0. The van der Waals surface area contributed by atoms with E-state index in [4.69, 9.17) is 9.84 Å². The highest BCUT2D eigenvalue weighted by Crippen LogP contribution is 2.16. The number of ether oxygens (including phenoxy) is 1. The largest absolute Gasteiger partial charge is 0.459 e. The molecule has 4 heteroatoms. The van der Waals surface area contributed by atoms with Gasteiger partial charge in [-0.15, -0.1) is 0 Å². The maximum atomic E-state index is 10.4. The summed E-state index contributed by atoms with van der Waals surface area (Å²) in [4.78, 5) is 10.4. The summed E-state index contributed by atoms with van der Waals surface area (Å²) in [5.74, 6) is -0.288. The predicted octanol–water partition coefficient (Wildman–Crippen LogP) is 0.0978. The Morgan fingerprint density at radius 1 is 1.89 bits per heavy atom. The van der Waals surface area contributed by atoms with Crippen molar-refractivity contribution in [3.8, 4) is 0 Å². The number of hydrogen-bond acceptors (Lipinski definition) is 3. The molecule has 52 valence electrons. The van der Waals surface area contributed by atoms with Crippen LogP contribution in [0.15, 0.2) is 0 Å². The molecular weight excluding hydrogens is 235 g/mol. The van der Waals surface area contributed by atoms with E-state index in [0.29, 0.717) is 4.43 Å². The first-order valence-corrected chi connectivity index (χ1v) is 4.20. The highest BCUT2D eigenvalue weighted by atomic mass is 127. The van der Waals surface area contributed by atoms with Gasteiger partial charge in [0.15, 0.2) is 0 Å². The van der Waals surface area contributed by atoms with Gasteiger partial charge in [-0.2, -0.15) is 0 Å². The lowest BCUT2D eigenvalue weighted by molar-refractivity contribution is -0.140. The van der Waals surface area contributed by atoms with Crippen molar-refractivity contribution in [2.45, 2.75) is 18.6 Å². The third-order valence-corrected chi connectivity index (χ3v) is 2.11. The van der Waals surface area contributed by atoms with Crippen LogP contribution in [0.3, 0.4) is 0 Å². The molecule has 0 spiro atoms. The molecule has 0 radical (unpaired) electrons. The van der Waals surface area contributed by atoms with Gasteiger partial charge in [-0.1, -0.05) is 22.6 Å². The van der Waals surface area contributed by atoms with Crippen molar-refractivity contribution in [1.82, 2.24) is 0 Å². The van der Waals surface area contributed by atoms with Crippen molar-refractivity contribution in [1.29, 1.82) is 0 Å². The predicted molar refractivity (Wildman–Crippen MR) is 39.4 cm³/mol. The molecule has 1 fully saturated rings. The molecule has 0 aromatic carbocycles. The summed E-state index contributed by atoms with van der Waals surface area (Å²) in [5.41, 5.74) is 0. The van der Waals surface area contributed by atoms with Crippen LogP contribution in [0.2, 0.25) is 0 Å². The molecule has 9 heavy (non-hydrogen) atoms. The molecule has 1 heterocycles. The Kier molecular flexibility index (Phi) is 2.29. The normalized spacial score (nSPS) is 34.7. The first kappa shape index (κ1) is 7.27. The second-order valence-corrected chi connectivity index (χ2v) is 2.83. The van der Waals surface area contributed by atoms with Crippen LogP contribution in [-0.4, -0.2) is 27.7 Å². The zero-order valence-corrected chi connectivity index (χ0v) is 6.87. The van der Waals surface area contributed by atoms with Crippen LogP contribution in [0.4, 0.5) is 0 Å². The molecular formula is C5H7IO3. The van der Waals surface area contributed by atoms with Crippen LogP contribution in [0.25, 0.3) is 0 Å². The van der Waals surface area contributed by atoms with E-state index in [1.807, 2.05) is 0 Å². The van der Waals surface area contributed by atoms with Gasteiger partial charge in [0.2, 0.25) is 0 Å². The van der Waals surface area contributed by atoms with Gasteiger partial charge in [0.05, 0.1) is 6.42 Å². The Labute approximate surface area is 66.5 Å². The zero-order valence-electron chi connectivity index (χ0n) is 4.71. The maximum Gasteiger partial charge on any atom is 0.308 e. The summed E-state index contributed by atoms with van der Waals surface area (Å²) in [6.45, 7) is 0. The minimum Gasteiger partial charge on any atom is -0.459 e. The molecule has 0 aromatic rings. The number of esters is 1. The summed E-state index contributed by atoms with van der Waals surface area (Å²) < 4.78 is 5.40. The number of aliphatic hydroxyl groups excluding tert-OH is 1. The molecule has 0 bridgehead atoms. The number of carbonyl (C=O) groups is 1. The summed E-state index contributed by atoms with van der Waals surface area (Å²) in [6.07, 6.45) is -0.680. The third kappa shape index (κ3) is 1.54. The van der Waals surface area contributed by atoms with Crippen LogP contribution < -0.4 is 0 Å². The molecule has 0 unspecified atom stereocenters. The molecule has 0 aromatic heterocycles. The minimum atomic E-state index is -0.575. The van der Waals surface area contributed by atoms with Gasteiger partial charge in [0, 0.05) is 4.43 Å². The fourth-order valence-corrected chi connectivity index (χ4v) is 1.50. The van der Waals surface area contributed by atoms with Gasteiger partial charge in [-0.3, -0.25) is 4.79 Å². The molecule has 1 N–H and O–H groups in total. The van der Waals surface area contributed by atoms with Gasteiger partial charge < -0.3 is 9.84 Å². The number of alkyl halides is 1. The Morgan fingerprint density at radius 3 is 2.78 bits per heavy atom. The van der Waals surface area contributed by atoms with E-state index in [1.54, 1.807) is 0 Å². The average molecular weight is 242 g/mol. The van der Waals surface area contributed by atoms with Gasteiger partial charge in [0.1, 0.15) is 12.2 Å². The van der Waals surface area contributed by atoms with E-state index in [0.717, 1.165) is 0 Å². The SMILES string of the molecule is O=C1C[C@H](O)[C@@H](CI)O1. The van der Waals surface area contributed by atoms with Crippen molar-refractivity contribution in [3.05, 3.63) is 0 Å². The van der Waals surface area contributed by atoms with Crippen molar-refractivity contribution in [2.75, 3.05) is 4.43 Å². The lowest BCUT2D eigenvalue weighted by Gasteiger charge is -2.06. The average Bonchev–Trinajstić information content (AvgIpc) is 2.10. The van der Waals surface area contributed by atoms with Gasteiger partial charge in [-0.05, 0) is 0 Å². The van der Waals surface area contributed by atoms with E-state index < -0.39 is 6.10 Å². The molecule has 0 aliphatic carbocycles. The number of aliphatic hydroxyl groups is 1. The first-order chi connectivity index (χ1) is 4.24. The molecule has 2 atom stereocenters. The zero-order chi connectivity index (χ0) is 6.85.